The van der Waals surface area contributed by atoms with Gasteiger partial charge < -0.3 is 10.5 Å². The summed E-state index contributed by atoms with van der Waals surface area (Å²) in [5, 5.41) is 4.07. The topological polar surface area (TPSA) is 108 Å². The fourth-order valence-electron chi connectivity index (χ4n) is 3.02. The lowest BCUT2D eigenvalue weighted by atomic mass is 10.0. The van der Waals surface area contributed by atoms with Crippen LogP contribution in [0.25, 0.3) is 28.0 Å². The maximum absolute atomic E-state index is 13.4. The predicted octanol–water partition coefficient (Wildman–Crippen LogP) is 2.70. The molecule has 3 aromatic heterocycles. The molecule has 0 atom stereocenters. The zero-order valence-corrected chi connectivity index (χ0v) is 15.0. The first-order chi connectivity index (χ1) is 13.5. The summed E-state index contributed by atoms with van der Waals surface area (Å²) in [6, 6.07) is 7.72. The molecule has 0 bridgehead atoms. The smallest absolute Gasteiger partial charge is 0.223 e. The Balaban J connectivity index is 2.08. The first-order valence-corrected chi connectivity index (χ1v) is 8.30. The molecule has 3 heterocycles. The second kappa shape index (κ2) is 6.69. The van der Waals surface area contributed by atoms with Gasteiger partial charge in [-0.15, -0.1) is 5.10 Å². The number of nitrogens with zero attached hydrogens (tertiary/aromatic N) is 5. The van der Waals surface area contributed by atoms with Gasteiger partial charge in [0.25, 0.3) is 0 Å². The average Bonchev–Trinajstić information content (AvgIpc) is 3.13. The molecule has 4 rings (SSSR count). The van der Waals surface area contributed by atoms with Crippen LogP contribution in [0.3, 0.4) is 0 Å². The number of hydrogen-bond acceptors (Lipinski definition) is 7. The highest BCUT2D eigenvalue weighted by molar-refractivity contribution is 5.91. The number of aryl methyl sites for hydroxylation is 1. The van der Waals surface area contributed by atoms with Gasteiger partial charge in [0.15, 0.2) is 11.9 Å². The van der Waals surface area contributed by atoms with Crippen LogP contribution in [0.2, 0.25) is 0 Å². The highest BCUT2D eigenvalue weighted by Gasteiger charge is 2.20. The van der Waals surface area contributed by atoms with Crippen LogP contribution in [0.5, 0.6) is 5.88 Å². The Labute approximate surface area is 158 Å². The van der Waals surface area contributed by atoms with Crippen molar-refractivity contribution in [1.82, 2.24) is 24.6 Å². The number of fused-ring (bicyclic) bond motifs is 1. The number of halogens is 1. The molecule has 28 heavy (non-hydrogen) atoms. The molecule has 0 fully saturated rings. The van der Waals surface area contributed by atoms with E-state index in [9.17, 15) is 9.18 Å². The molecule has 9 heteroatoms. The Morgan fingerprint density at radius 3 is 2.57 bits per heavy atom. The molecule has 0 saturated heterocycles. The molecule has 0 aliphatic heterocycles. The number of carbonyl (C=O) groups is 1. The molecule has 140 valence electrons. The average molecular weight is 378 g/mol. The standard InChI is InChI=1S/C19H15FN6O2/c1-10-7-12(8-22-18(10)28-2)15-16(11-3-5-13(20)6-4-11)24-19(21)26-17(15)23-14(9-27)25-26/h3-9H,1-2H3,(H2,21,24). The Morgan fingerprint density at radius 2 is 1.93 bits per heavy atom. The van der Waals surface area contributed by atoms with Gasteiger partial charge >= 0.3 is 0 Å². The Bertz CT molecular complexity index is 1200. The number of rotatable bonds is 4. The molecule has 1 aromatic carbocycles. The van der Waals surface area contributed by atoms with E-state index < -0.39 is 0 Å². The van der Waals surface area contributed by atoms with E-state index in [4.69, 9.17) is 10.5 Å². The van der Waals surface area contributed by atoms with Crippen molar-refractivity contribution in [2.45, 2.75) is 6.92 Å². The van der Waals surface area contributed by atoms with Crippen LogP contribution in [-0.2, 0) is 0 Å². The molecule has 0 spiro atoms. The van der Waals surface area contributed by atoms with Crippen LogP contribution in [0.1, 0.15) is 16.2 Å². The number of benzene rings is 1. The second-order valence-corrected chi connectivity index (χ2v) is 6.07. The van der Waals surface area contributed by atoms with E-state index in [1.807, 2.05) is 13.0 Å². The van der Waals surface area contributed by atoms with Gasteiger partial charge in [-0.3, -0.25) is 4.79 Å². The van der Waals surface area contributed by atoms with E-state index in [2.05, 4.69) is 20.1 Å². The van der Waals surface area contributed by atoms with E-state index in [0.29, 0.717) is 40.2 Å². The summed E-state index contributed by atoms with van der Waals surface area (Å²) >= 11 is 0. The summed E-state index contributed by atoms with van der Waals surface area (Å²) in [6.45, 7) is 1.86. The maximum Gasteiger partial charge on any atom is 0.223 e. The first kappa shape index (κ1) is 17.5. The number of carbonyl (C=O) groups excluding carboxylic acids is 1. The van der Waals surface area contributed by atoms with E-state index in [-0.39, 0.29) is 17.6 Å². The van der Waals surface area contributed by atoms with E-state index in [0.717, 1.165) is 5.56 Å². The predicted molar refractivity (Wildman–Crippen MR) is 100 cm³/mol. The van der Waals surface area contributed by atoms with Crippen molar-refractivity contribution < 1.29 is 13.9 Å². The molecule has 0 radical (unpaired) electrons. The molecule has 8 nitrogen and oxygen atoms in total. The van der Waals surface area contributed by atoms with E-state index in [1.165, 1.54) is 23.8 Å². The number of nitrogen functional groups attached to an aromatic ring is 1. The zero-order chi connectivity index (χ0) is 19.8. The lowest BCUT2D eigenvalue weighted by molar-refractivity contribution is 0.111. The van der Waals surface area contributed by atoms with Gasteiger partial charge in [-0.05, 0) is 37.3 Å². The van der Waals surface area contributed by atoms with Crippen molar-refractivity contribution in [3.8, 4) is 28.3 Å². The molecule has 2 N–H and O–H groups in total. The lowest BCUT2D eigenvalue weighted by Gasteiger charge is -2.13. The number of ether oxygens (including phenoxy) is 1. The fraction of sp³-hybridized carbons (Fsp3) is 0.105. The quantitative estimate of drug-likeness (QED) is 0.544. The third kappa shape index (κ3) is 2.82. The van der Waals surface area contributed by atoms with E-state index >= 15 is 0 Å². The van der Waals surface area contributed by atoms with Crippen LogP contribution >= 0.6 is 0 Å². The molecular weight excluding hydrogens is 363 g/mol. The van der Waals surface area contributed by atoms with Crippen molar-refractivity contribution in [3.05, 3.63) is 53.7 Å². The molecule has 0 unspecified atom stereocenters. The molecule has 4 aromatic rings. The van der Waals surface area contributed by atoms with Gasteiger partial charge in [0.2, 0.25) is 17.7 Å². The maximum atomic E-state index is 13.4. The number of nitrogens with two attached hydrogens (primary N) is 1. The zero-order valence-electron chi connectivity index (χ0n) is 15.0. The summed E-state index contributed by atoms with van der Waals surface area (Å²) in [7, 11) is 1.54. The van der Waals surface area contributed by atoms with E-state index in [1.54, 1.807) is 18.3 Å². The summed E-state index contributed by atoms with van der Waals surface area (Å²) in [5.41, 5.74) is 9.54. The minimum atomic E-state index is -0.368. The number of methoxy groups -OCH3 is 1. The second-order valence-electron chi connectivity index (χ2n) is 6.07. The first-order valence-electron chi connectivity index (χ1n) is 8.30. The number of anilines is 1. The minimum Gasteiger partial charge on any atom is -0.481 e. The lowest BCUT2D eigenvalue weighted by Crippen LogP contribution is -2.06. The normalized spacial score (nSPS) is 11.0. The van der Waals surface area contributed by atoms with Gasteiger partial charge in [-0.1, -0.05) is 0 Å². The molecule has 0 aliphatic carbocycles. The largest absolute Gasteiger partial charge is 0.481 e. The molecule has 0 saturated carbocycles. The summed E-state index contributed by atoms with van der Waals surface area (Å²) in [4.78, 5) is 24.2. The Morgan fingerprint density at radius 1 is 1.18 bits per heavy atom. The van der Waals surface area contributed by atoms with Crippen molar-refractivity contribution in [2.75, 3.05) is 12.8 Å². The number of aldehydes is 1. The highest BCUT2D eigenvalue weighted by Crippen LogP contribution is 2.35. The van der Waals surface area contributed by atoms with Crippen molar-refractivity contribution in [1.29, 1.82) is 0 Å². The fourth-order valence-corrected chi connectivity index (χ4v) is 3.02. The van der Waals surface area contributed by atoms with Crippen LogP contribution in [0, 0.1) is 12.7 Å². The monoisotopic (exact) mass is 378 g/mol. The van der Waals surface area contributed by atoms with Crippen molar-refractivity contribution >= 4 is 17.9 Å². The number of pyridine rings is 1. The van der Waals surface area contributed by atoms with Gasteiger partial charge in [0, 0.05) is 22.9 Å². The van der Waals surface area contributed by atoms with Crippen LogP contribution < -0.4 is 10.5 Å². The Kier molecular flexibility index (Phi) is 4.19. The highest BCUT2D eigenvalue weighted by atomic mass is 19.1. The summed E-state index contributed by atoms with van der Waals surface area (Å²) in [5.74, 6) is 0.148. The van der Waals surface area contributed by atoms with Crippen molar-refractivity contribution in [3.63, 3.8) is 0 Å². The Hall–Kier alpha value is -3.88. The molecule has 0 aliphatic rings. The SMILES string of the molecule is COc1ncc(-c2c(-c3ccc(F)cc3)nc(N)n3nc(C=O)nc23)cc1C. The van der Waals surface area contributed by atoms with Gasteiger partial charge in [-0.2, -0.15) is 4.52 Å². The minimum absolute atomic E-state index is 0.0239. The van der Waals surface area contributed by atoms with Crippen molar-refractivity contribution in [2.24, 2.45) is 0 Å². The summed E-state index contributed by atoms with van der Waals surface area (Å²) in [6.07, 6.45) is 2.15. The third-order valence-electron chi connectivity index (χ3n) is 4.26. The third-order valence-corrected chi connectivity index (χ3v) is 4.26. The van der Waals surface area contributed by atoms with Gasteiger partial charge in [0.1, 0.15) is 5.82 Å². The van der Waals surface area contributed by atoms with Gasteiger partial charge in [-0.25, -0.2) is 19.3 Å². The van der Waals surface area contributed by atoms with Gasteiger partial charge in [0.05, 0.1) is 18.4 Å². The summed E-state index contributed by atoms with van der Waals surface area (Å²) < 4.78 is 19.9. The van der Waals surface area contributed by atoms with Crippen LogP contribution in [0.15, 0.2) is 36.5 Å². The number of aromatic nitrogens is 5. The number of hydrogen-bond donors (Lipinski definition) is 1. The molecular formula is C19H15FN6O2. The molecule has 0 amide bonds. The van der Waals surface area contributed by atoms with Crippen LogP contribution in [-0.4, -0.2) is 38.0 Å². The van der Waals surface area contributed by atoms with Crippen LogP contribution in [0.4, 0.5) is 10.3 Å².